The van der Waals surface area contributed by atoms with Gasteiger partial charge in [-0.15, -0.1) is 12.8 Å². The van der Waals surface area contributed by atoms with E-state index in [1.807, 2.05) is 0 Å². The molecule has 1 heteroatoms. The van der Waals surface area contributed by atoms with Crippen LogP contribution in [0, 0.1) is 106 Å². The first kappa shape index (κ1) is 37.4. The first-order valence-electron chi connectivity index (χ1n) is 12.3. The van der Waals surface area contributed by atoms with Crippen molar-refractivity contribution in [2.24, 2.45) is 21.7 Å². The standard InChI is InChI=1S/C14H2.C12H26O.C9H20/c1-3-5-7-9-11-13-14-12-10-8-6-4-2;1-11(2,3)7-9-13-10-8-12(4,5)6;1-8(2,3)7-9(4,5)6/h1-2H;7-10H2,1-6H3;7H2,1-6H3. The summed E-state index contributed by atoms with van der Waals surface area (Å²) in [5.41, 5.74) is 1.78. The van der Waals surface area contributed by atoms with Crippen molar-refractivity contribution in [3.05, 3.63) is 0 Å². The van der Waals surface area contributed by atoms with Gasteiger partial charge in [0.05, 0.1) is 0 Å². The van der Waals surface area contributed by atoms with Gasteiger partial charge < -0.3 is 4.74 Å². The summed E-state index contributed by atoms with van der Waals surface area (Å²) in [4.78, 5) is 0. The second-order valence-corrected chi connectivity index (χ2v) is 13.1. The summed E-state index contributed by atoms with van der Waals surface area (Å²) in [6.45, 7) is 29.0. The average Bonchev–Trinajstić information content (AvgIpc) is 2.65. The minimum atomic E-state index is 0.404. The Hall–Kier alpha value is -3.12. The molecule has 0 atom stereocenters. The molecular formula is C35H48O. The Morgan fingerprint density at radius 3 is 0.833 bits per heavy atom. The van der Waals surface area contributed by atoms with Crippen LogP contribution in [-0.4, -0.2) is 13.2 Å². The lowest BCUT2D eigenvalue weighted by atomic mass is 9.78. The number of terminal acetylenes is 2. The van der Waals surface area contributed by atoms with E-state index in [0.29, 0.717) is 21.7 Å². The van der Waals surface area contributed by atoms with Gasteiger partial charge in [-0.25, -0.2) is 0 Å². The van der Waals surface area contributed by atoms with E-state index in [9.17, 15) is 0 Å². The third kappa shape index (κ3) is 48.3. The minimum Gasteiger partial charge on any atom is -0.381 e. The van der Waals surface area contributed by atoms with Crippen LogP contribution in [0.3, 0.4) is 0 Å². The highest BCUT2D eigenvalue weighted by Gasteiger charge is 2.20. The second kappa shape index (κ2) is 20.1. The Bertz CT molecular complexity index is 917. The van der Waals surface area contributed by atoms with E-state index in [-0.39, 0.29) is 0 Å². The van der Waals surface area contributed by atoms with Crippen LogP contribution in [0.1, 0.15) is 102 Å². The van der Waals surface area contributed by atoms with Gasteiger partial charge in [0.25, 0.3) is 0 Å². The minimum absolute atomic E-state index is 0.404. The van der Waals surface area contributed by atoms with Gasteiger partial charge in [-0.2, -0.15) is 0 Å². The average molecular weight is 485 g/mol. The fourth-order valence-electron chi connectivity index (χ4n) is 2.77. The molecule has 0 aliphatic rings. The molecule has 0 aliphatic heterocycles. The first-order valence-corrected chi connectivity index (χ1v) is 12.3. The van der Waals surface area contributed by atoms with E-state index in [4.69, 9.17) is 17.6 Å². The lowest BCUT2D eigenvalue weighted by Crippen LogP contribution is -2.16. The summed E-state index contributed by atoms with van der Waals surface area (Å²) < 4.78 is 5.59. The number of ether oxygens (including phenoxy) is 1. The maximum Gasteiger partial charge on any atom is 0.0471 e. The van der Waals surface area contributed by atoms with Crippen LogP contribution in [0.4, 0.5) is 0 Å². The molecule has 0 unspecified atom stereocenters. The molecule has 0 radical (unpaired) electrons. The molecule has 0 amide bonds. The van der Waals surface area contributed by atoms with Gasteiger partial charge in [-0.3, -0.25) is 0 Å². The van der Waals surface area contributed by atoms with Gasteiger partial charge in [-0.1, -0.05) is 83.1 Å². The van der Waals surface area contributed by atoms with Crippen molar-refractivity contribution in [3.8, 4) is 83.9 Å². The zero-order valence-electron chi connectivity index (χ0n) is 25.1. The predicted octanol–water partition coefficient (Wildman–Crippen LogP) is 7.61. The largest absolute Gasteiger partial charge is 0.381 e. The fraction of sp³-hybridized carbons (Fsp3) is 0.600. The van der Waals surface area contributed by atoms with Crippen LogP contribution in [0.25, 0.3) is 0 Å². The Balaban J connectivity index is -0.000000465. The van der Waals surface area contributed by atoms with Gasteiger partial charge in [0.15, 0.2) is 0 Å². The van der Waals surface area contributed by atoms with E-state index < -0.39 is 0 Å². The van der Waals surface area contributed by atoms with Crippen molar-refractivity contribution >= 4 is 0 Å². The molecule has 0 saturated heterocycles. The zero-order valence-corrected chi connectivity index (χ0v) is 25.1. The molecule has 0 N–H and O–H groups in total. The van der Waals surface area contributed by atoms with Gasteiger partial charge >= 0.3 is 0 Å². The lowest BCUT2D eigenvalue weighted by molar-refractivity contribution is 0.0881. The molecule has 194 valence electrons. The highest BCUT2D eigenvalue weighted by Crippen LogP contribution is 2.31. The van der Waals surface area contributed by atoms with E-state index in [2.05, 4.69) is 154 Å². The van der Waals surface area contributed by atoms with Gasteiger partial charge in [0.2, 0.25) is 0 Å². The summed E-state index contributed by atoms with van der Waals surface area (Å²) in [5.74, 6) is 28.3. The molecule has 1 nitrogen and oxygen atoms in total. The third-order valence-electron chi connectivity index (χ3n) is 3.76. The Labute approximate surface area is 225 Å². The molecule has 0 fully saturated rings. The molecule has 0 saturated carbocycles. The maximum absolute atomic E-state index is 5.59. The van der Waals surface area contributed by atoms with Crippen LogP contribution >= 0.6 is 0 Å². The van der Waals surface area contributed by atoms with Crippen molar-refractivity contribution in [2.75, 3.05) is 13.2 Å². The monoisotopic (exact) mass is 484 g/mol. The highest BCUT2D eigenvalue weighted by molar-refractivity contribution is 5.44. The Morgan fingerprint density at radius 2 is 0.667 bits per heavy atom. The van der Waals surface area contributed by atoms with Crippen LogP contribution in [0.5, 0.6) is 0 Å². The van der Waals surface area contributed by atoms with Gasteiger partial charge in [0, 0.05) is 13.2 Å². The number of hydrogen-bond donors (Lipinski definition) is 0. The summed E-state index contributed by atoms with van der Waals surface area (Å²) in [6.07, 6.45) is 13.3. The Kier molecular flexibility index (Phi) is 20.9. The molecule has 0 aromatic rings. The maximum atomic E-state index is 5.59. The molecule has 0 aliphatic carbocycles. The highest BCUT2D eigenvalue weighted by atomic mass is 16.5. The normalized spacial score (nSPS) is 9.72. The van der Waals surface area contributed by atoms with Crippen molar-refractivity contribution in [3.63, 3.8) is 0 Å². The topological polar surface area (TPSA) is 9.23 Å². The number of hydrogen-bond acceptors (Lipinski definition) is 1. The van der Waals surface area contributed by atoms with E-state index in [1.54, 1.807) is 0 Å². The predicted molar refractivity (Wildman–Crippen MR) is 159 cm³/mol. The van der Waals surface area contributed by atoms with Gasteiger partial charge in [0.1, 0.15) is 0 Å². The number of rotatable bonds is 4. The zero-order chi connectivity index (χ0) is 28.7. The smallest absolute Gasteiger partial charge is 0.0471 e. The molecule has 0 aromatic heterocycles. The van der Waals surface area contributed by atoms with E-state index in [1.165, 1.54) is 6.42 Å². The van der Waals surface area contributed by atoms with E-state index >= 15 is 0 Å². The lowest BCUT2D eigenvalue weighted by Gasteiger charge is -2.28. The van der Waals surface area contributed by atoms with Crippen molar-refractivity contribution in [1.29, 1.82) is 0 Å². The second-order valence-electron chi connectivity index (χ2n) is 13.1. The summed E-state index contributed by atoms with van der Waals surface area (Å²) in [7, 11) is 0. The summed E-state index contributed by atoms with van der Waals surface area (Å²) >= 11 is 0. The van der Waals surface area contributed by atoms with Crippen molar-refractivity contribution < 1.29 is 4.74 Å². The SMILES string of the molecule is C#CC#CC#CC#CC#CC#CC#C.CC(C)(C)CC(C)(C)C.CC(C)(C)CCOCCC(C)(C)C. The van der Waals surface area contributed by atoms with Gasteiger partial charge in [-0.05, 0) is 112 Å². The van der Waals surface area contributed by atoms with Crippen LogP contribution in [0.15, 0.2) is 0 Å². The molecule has 0 rings (SSSR count). The fourth-order valence-corrected chi connectivity index (χ4v) is 2.77. The molecular weight excluding hydrogens is 436 g/mol. The van der Waals surface area contributed by atoms with Crippen LogP contribution in [0.2, 0.25) is 0 Å². The summed E-state index contributed by atoms with van der Waals surface area (Å²) in [5, 5.41) is 0. The van der Waals surface area contributed by atoms with Crippen LogP contribution in [-0.2, 0) is 4.74 Å². The summed E-state index contributed by atoms with van der Waals surface area (Å²) in [6, 6.07) is 0. The molecule has 0 aromatic carbocycles. The van der Waals surface area contributed by atoms with Crippen molar-refractivity contribution in [2.45, 2.75) is 102 Å². The first-order chi connectivity index (χ1) is 16.3. The Morgan fingerprint density at radius 1 is 0.417 bits per heavy atom. The van der Waals surface area contributed by atoms with E-state index in [0.717, 1.165) is 26.1 Å². The van der Waals surface area contributed by atoms with Crippen LogP contribution < -0.4 is 0 Å². The third-order valence-corrected chi connectivity index (χ3v) is 3.76. The molecule has 0 bridgehead atoms. The quantitative estimate of drug-likeness (QED) is 0.295. The molecule has 36 heavy (non-hydrogen) atoms. The molecule has 0 spiro atoms. The molecule has 0 heterocycles. The van der Waals surface area contributed by atoms with Crippen molar-refractivity contribution in [1.82, 2.24) is 0 Å².